The molecule has 2 unspecified atom stereocenters. The Morgan fingerprint density at radius 3 is 2.77 bits per heavy atom. The number of amides is 1. The second-order valence-corrected chi connectivity index (χ2v) is 6.17. The van der Waals surface area contributed by atoms with E-state index in [2.05, 4.69) is 11.9 Å². The molecule has 1 saturated heterocycles. The van der Waals surface area contributed by atoms with E-state index in [-0.39, 0.29) is 11.9 Å². The van der Waals surface area contributed by atoms with Crippen LogP contribution in [0.3, 0.4) is 0 Å². The highest BCUT2D eigenvalue weighted by atomic mass is 16.2. The molecule has 4 nitrogen and oxygen atoms in total. The molecule has 0 aliphatic carbocycles. The number of nitrogens with zero attached hydrogens (tertiary/aromatic N) is 1. The fraction of sp³-hybridized carbons (Fsp3) is 0.389. The number of H-pyrrole nitrogens is 1. The Kier molecular flexibility index (Phi) is 4.29. The molecule has 1 aromatic carbocycles. The van der Waals surface area contributed by atoms with Gasteiger partial charge < -0.3 is 15.6 Å². The Bertz CT molecular complexity index is 635. The number of rotatable bonds is 3. The van der Waals surface area contributed by atoms with Crippen molar-refractivity contribution in [2.45, 2.75) is 25.8 Å². The number of carbonyl (C=O) groups is 1. The number of nitrogens with two attached hydrogens (primary N) is 1. The molecule has 0 spiro atoms. The number of aromatic nitrogens is 1. The number of carbonyl (C=O) groups excluding carboxylic acids is 1. The number of nitrogens with one attached hydrogen (secondary N) is 1. The van der Waals surface area contributed by atoms with E-state index in [0.717, 1.165) is 30.6 Å². The van der Waals surface area contributed by atoms with Gasteiger partial charge in [0.05, 0.1) is 0 Å². The molecule has 1 aromatic heterocycles. The summed E-state index contributed by atoms with van der Waals surface area (Å²) in [5, 5.41) is 0. The standard InChI is InChI=1S/C18H23N3O/c1-13-9-10-21(15(11-13)12-19)18(22)17-8-7-16(20-17)14-5-3-2-4-6-14/h2-8,13,15,20H,9-12,19H2,1H3. The van der Waals surface area contributed by atoms with E-state index in [1.54, 1.807) is 0 Å². The molecule has 2 heterocycles. The first kappa shape index (κ1) is 14.9. The smallest absolute Gasteiger partial charge is 0.270 e. The summed E-state index contributed by atoms with van der Waals surface area (Å²) >= 11 is 0. The predicted octanol–water partition coefficient (Wildman–Crippen LogP) is 2.88. The van der Waals surface area contributed by atoms with E-state index >= 15 is 0 Å². The maximum absolute atomic E-state index is 12.8. The number of piperidine rings is 1. The summed E-state index contributed by atoms with van der Waals surface area (Å²) in [7, 11) is 0. The topological polar surface area (TPSA) is 62.1 Å². The lowest BCUT2D eigenvalue weighted by Crippen LogP contribution is -2.49. The van der Waals surface area contributed by atoms with Crippen molar-refractivity contribution in [3.05, 3.63) is 48.2 Å². The normalized spacial score (nSPS) is 21.8. The third-order valence-corrected chi connectivity index (χ3v) is 4.51. The summed E-state index contributed by atoms with van der Waals surface area (Å²) in [6.07, 6.45) is 2.04. The van der Waals surface area contributed by atoms with Gasteiger partial charge in [0.2, 0.25) is 0 Å². The maximum atomic E-state index is 12.8. The van der Waals surface area contributed by atoms with Gasteiger partial charge in [-0.15, -0.1) is 0 Å². The molecule has 1 aliphatic heterocycles. The number of aromatic amines is 1. The van der Waals surface area contributed by atoms with Crippen LogP contribution in [0.2, 0.25) is 0 Å². The van der Waals surface area contributed by atoms with Gasteiger partial charge in [-0.25, -0.2) is 0 Å². The van der Waals surface area contributed by atoms with E-state index in [0.29, 0.717) is 18.2 Å². The first-order valence-electron chi connectivity index (χ1n) is 7.94. The lowest BCUT2D eigenvalue weighted by Gasteiger charge is -2.37. The maximum Gasteiger partial charge on any atom is 0.270 e. The second kappa shape index (κ2) is 6.36. The number of hydrogen-bond acceptors (Lipinski definition) is 2. The average Bonchev–Trinajstić information content (AvgIpc) is 3.05. The van der Waals surface area contributed by atoms with Crippen molar-refractivity contribution in [2.24, 2.45) is 11.7 Å². The van der Waals surface area contributed by atoms with E-state index in [1.807, 2.05) is 47.4 Å². The minimum absolute atomic E-state index is 0.0598. The Hall–Kier alpha value is -2.07. The molecule has 3 N–H and O–H groups in total. The first-order valence-corrected chi connectivity index (χ1v) is 7.94. The summed E-state index contributed by atoms with van der Waals surface area (Å²) in [5.74, 6) is 0.700. The number of hydrogen-bond donors (Lipinski definition) is 2. The summed E-state index contributed by atoms with van der Waals surface area (Å²) in [6, 6.07) is 14.0. The minimum Gasteiger partial charge on any atom is -0.351 e. The molecular weight excluding hydrogens is 274 g/mol. The van der Waals surface area contributed by atoms with Crippen LogP contribution in [0.25, 0.3) is 11.3 Å². The van der Waals surface area contributed by atoms with Crippen LogP contribution in [-0.2, 0) is 0 Å². The lowest BCUT2D eigenvalue weighted by atomic mass is 9.92. The Labute approximate surface area is 131 Å². The molecule has 1 aliphatic rings. The highest BCUT2D eigenvalue weighted by Crippen LogP contribution is 2.25. The van der Waals surface area contributed by atoms with Gasteiger partial charge in [-0.05, 0) is 36.5 Å². The fourth-order valence-corrected chi connectivity index (χ4v) is 3.20. The summed E-state index contributed by atoms with van der Waals surface area (Å²) in [5.41, 5.74) is 8.57. The van der Waals surface area contributed by atoms with Gasteiger partial charge in [0, 0.05) is 24.8 Å². The van der Waals surface area contributed by atoms with Crippen molar-refractivity contribution < 1.29 is 4.79 Å². The molecule has 0 radical (unpaired) electrons. The summed E-state index contributed by atoms with van der Waals surface area (Å²) in [4.78, 5) is 17.9. The zero-order valence-corrected chi connectivity index (χ0v) is 13.0. The molecule has 22 heavy (non-hydrogen) atoms. The SMILES string of the molecule is CC1CCN(C(=O)c2ccc(-c3ccccc3)[nH]2)C(CN)C1. The molecule has 1 amide bonds. The molecule has 0 bridgehead atoms. The van der Waals surface area contributed by atoms with Crippen molar-refractivity contribution >= 4 is 5.91 Å². The van der Waals surface area contributed by atoms with Gasteiger partial charge in [-0.3, -0.25) is 4.79 Å². The minimum atomic E-state index is 0.0598. The zero-order valence-electron chi connectivity index (χ0n) is 13.0. The van der Waals surface area contributed by atoms with Gasteiger partial charge in [-0.1, -0.05) is 37.3 Å². The Morgan fingerprint density at radius 1 is 1.27 bits per heavy atom. The largest absolute Gasteiger partial charge is 0.351 e. The molecule has 116 valence electrons. The predicted molar refractivity (Wildman–Crippen MR) is 88.5 cm³/mol. The number of likely N-dealkylation sites (tertiary alicyclic amines) is 1. The first-order chi connectivity index (χ1) is 10.7. The summed E-state index contributed by atoms with van der Waals surface area (Å²) in [6.45, 7) is 3.55. The van der Waals surface area contributed by atoms with Crippen LogP contribution in [0.4, 0.5) is 0 Å². The molecule has 2 aromatic rings. The van der Waals surface area contributed by atoms with Crippen molar-refractivity contribution in [1.82, 2.24) is 9.88 Å². The van der Waals surface area contributed by atoms with Crippen molar-refractivity contribution in [3.63, 3.8) is 0 Å². The zero-order chi connectivity index (χ0) is 15.5. The van der Waals surface area contributed by atoms with Crippen LogP contribution >= 0.6 is 0 Å². The highest BCUT2D eigenvalue weighted by molar-refractivity contribution is 5.93. The lowest BCUT2D eigenvalue weighted by molar-refractivity contribution is 0.0568. The van der Waals surface area contributed by atoms with Crippen LogP contribution in [0.15, 0.2) is 42.5 Å². The molecule has 4 heteroatoms. The van der Waals surface area contributed by atoms with Crippen LogP contribution < -0.4 is 5.73 Å². The van der Waals surface area contributed by atoms with Crippen LogP contribution in [0.5, 0.6) is 0 Å². The van der Waals surface area contributed by atoms with Gasteiger partial charge >= 0.3 is 0 Å². The van der Waals surface area contributed by atoms with E-state index < -0.39 is 0 Å². The Balaban J connectivity index is 1.79. The third-order valence-electron chi connectivity index (χ3n) is 4.51. The fourth-order valence-electron chi connectivity index (χ4n) is 3.20. The van der Waals surface area contributed by atoms with Gasteiger partial charge in [0.1, 0.15) is 5.69 Å². The number of benzene rings is 1. The second-order valence-electron chi connectivity index (χ2n) is 6.17. The van der Waals surface area contributed by atoms with E-state index in [9.17, 15) is 4.79 Å². The third kappa shape index (κ3) is 2.92. The molecular formula is C18H23N3O. The monoisotopic (exact) mass is 297 g/mol. The van der Waals surface area contributed by atoms with Crippen LogP contribution in [0, 0.1) is 5.92 Å². The Morgan fingerprint density at radius 2 is 2.05 bits per heavy atom. The highest BCUT2D eigenvalue weighted by Gasteiger charge is 2.30. The molecule has 0 saturated carbocycles. The molecule has 1 fully saturated rings. The van der Waals surface area contributed by atoms with Gasteiger partial charge in [-0.2, -0.15) is 0 Å². The van der Waals surface area contributed by atoms with Crippen LogP contribution in [0.1, 0.15) is 30.3 Å². The van der Waals surface area contributed by atoms with Gasteiger partial charge in [0.15, 0.2) is 0 Å². The van der Waals surface area contributed by atoms with E-state index in [4.69, 9.17) is 5.73 Å². The molecule has 2 atom stereocenters. The average molecular weight is 297 g/mol. The van der Waals surface area contributed by atoms with Gasteiger partial charge in [0.25, 0.3) is 5.91 Å². The summed E-state index contributed by atoms with van der Waals surface area (Å²) < 4.78 is 0. The van der Waals surface area contributed by atoms with Crippen molar-refractivity contribution in [3.8, 4) is 11.3 Å². The molecule has 3 rings (SSSR count). The van der Waals surface area contributed by atoms with Crippen molar-refractivity contribution in [1.29, 1.82) is 0 Å². The van der Waals surface area contributed by atoms with E-state index in [1.165, 1.54) is 0 Å². The van der Waals surface area contributed by atoms with Crippen molar-refractivity contribution in [2.75, 3.05) is 13.1 Å². The van der Waals surface area contributed by atoms with Crippen LogP contribution in [-0.4, -0.2) is 34.9 Å². The quantitative estimate of drug-likeness (QED) is 0.915.